The smallest absolute Gasteiger partial charge is 0.329 e. The van der Waals surface area contributed by atoms with Crippen molar-refractivity contribution in [2.24, 2.45) is 0 Å². The van der Waals surface area contributed by atoms with Crippen LogP contribution in [-0.4, -0.2) is 38.8 Å². The number of nitrogens with zero attached hydrogens (tertiary/aromatic N) is 1. The van der Waals surface area contributed by atoms with E-state index in [0.29, 0.717) is 15.4 Å². The van der Waals surface area contributed by atoms with Gasteiger partial charge >= 0.3 is 6.03 Å². The Labute approximate surface area is 178 Å². The van der Waals surface area contributed by atoms with Crippen molar-refractivity contribution in [3.8, 4) is 0 Å². The van der Waals surface area contributed by atoms with E-state index in [-0.39, 0.29) is 37.6 Å². The summed E-state index contributed by atoms with van der Waals surface area (Å²) < 4.78 is 24.7. The van der Waals surface area contributed by atoms with Gasteiger partial charge in [-0.1, -0.05) is 37.3 Å². The third kappa shape index (κ3) is 6.51. The van der Waals surface area contributed by atoms with E-state index in [1.54, 1.807) is 43.3 Å². The molecule has 0 spiro atoms. The number of benzene rings is 2. The second kappa shape index (κ2) is 11.1. The van der Waals surface area contributed by atoms with Crippen LogP contribution >= 0.6 is 0 Å². The summed E-state index contributed by atoms with van der Waals surface area (Å²) in [6.07, 6.45) is 0. The van der Waals surface area contributed by atoms with Crippen LogP contribution in [0.15, 0.2) is 53.4 Å². The fourth-order valence-electron chi connectivity index (χ4n) is 1.77. The summed E-state index contributed by atoms with van der Waals surface area (Å²) >= 11 is 0. The van der Waals surface area contributed by atoms with Gasteiger partial charge < -0.3 is 15.8 Å². The van der Waals surface area contributed by atoms with Gasteiger partial charge in [-0.05, 0) is 10.5 Å². The number of hydrogen-bond donors (Lipinski definition) is 1. The van der Waals surface area contributed by atoms with Gasteiger partial charge in [-0.25, -0.2) is 17.5 Å². The molecule has 0 heterocycles. The molecular formula is C17H19N3O4SY-2. The van der Waals surface area contributed by atoms with Gasteiger partial charge in [0.05, 0.1) is 5.91 Å². The van der Waals surface area contributed by atoms with E-state index in [1.165, 1.54) is 20.2 Å². The molecule has 0 atom stereocenters. The van der Waals surface area contributed by atoms with E-state index in [2.05, 4.69) is 11.4 Å². The molecule has 0 saturated heterocycles. The zero-order valence-corrected chi connectivity index (χ0v) is 18.3. The molecule has 2 rings (SSSR count). The molecule has 7 nitrogen and oxygen atoms in total. The fraction of sp³-hybridized carbons (Fsp3) is 0.176. The summed E-state index contributed by atoms with van der Waals surface area (Å²) in [5, 5.41) is 2.26. The topological polar surface area (TPSA) is 107 Å². The first-order valence-electron chi connectivity index (χ1n) is 7.20. The summed E-state index contributed by atoms with van der Waals surface area (Å²) in [5.41, 5.74) is 7.70. The SMILES string of the molecule is CNC(=O)N(C)S(=O)(=O)c1c[c-]ccc1C.[NH-]C(=O)c1ccccc1.[Y]. The van der Waals surface area contributed by atoms with Gasteiger partial charge in [-0.3, -0.25) is 0 Å². The van der Waals surface area contributed by atoms with E-state index in [4.69, 9.17) is 5.73 Å². The normalized spacial score (nSPS) is 9.81. The molecule has 26 heavy (non-hydrogen) atoms. The number of hydrogen-bond acceptors (Lipinski definition) is 4. The molecule has 0 aromatic heterocycles. The van der Waals surface area contributed by atoms with Crippen molar-refractivity contribution >= 4 is 22.0 Å². The fourth-order valence-corrected chi connectivity index (χ4v) is 3.07. The third-order valence-electron chi connectivity index (χ3n) is 3.21. The zero-order valence-electron chi connectivity index (χ0n) is 14.7. The minimum Gasteiger partial charge on any atom is -0.664 e. The Morgan fingerprint density at radius 3 is 2.15 bits per heavy atom. The van der Waals surface area contributed by atoms with Crippen LogP contribution < -0.4 is 5.32 Å². The number of nitrogens with one attached hydrogen (secondary N) is 2. The number of rotatable bonds is 3. The van der Waals surface area contributed by atoms with Crippen molar-refractivity contribution in [2.45, 2.75) is 11.8 Å². The van der Waals surface area contributed by atoms with Gasteiger partial charge in [0, 0.05) is 46.8 Å². The van der Waals surface area contributed by atoms with Gasteiger partial charge in [-0.2, -0.15) is 24.3 Å². The summed E-state index contributed by atoms with van der Waals surface area (Å²) in [5.74, 6) is -0.629. The van der Waals surface area contributed by atoms with Crippen LogP contribution in [0.2, 0.25) is 0 Å². The van der Waals surface area contributed by atoms with Gasteiger partial charge in [0.1, 0.15) is 0 Å². The number of aryl methyl sites for hydroxylation is 1. The van der Waals surface area contributed by atoms with Crippen molar-refractivity contribution in [2.75, 3.05) is 14.1 Å². The minimum absolute atomic E-state index is 0. The molecule has 1 radical (unpaired) electrons. The van der Waals surface area contributed by atoms with E-state index in [9.17, 15) is 18.0 Å². The number of amides is 3. The van der Waals surface area contributed by atoms with Crippen LogP contribution in [0.1, 0.15) is 15.9 Å². The molecule has 0 bridgehead atoms. The van der Waals surface area contributed by atoms with Crippen LogP contribution in [-0.2, 0) is 42.7 Å². The van der Waals surface area contributed by atoms with Gasteiger partial charge in [-0.15, -0.1) is 5.56 Å². The quantitative estimate of drug-likeness (QED) is 0.726. The molecule has 0 fully saturated rings. The first-order chi connectivity index (χ1) is 11.7. The molecule has 2 aromatic carbocycles. The van der Waals surface area contributed by atoms with Gasteiger partial charge in [0.25, 0.3) is 0 Å². The van der Waals surface area contributed by atoms with Crippen LogP contribution in [0.5, 0.6) is 0 Å². The predicted octanol–water partition coefficient (Wildman–Crippen LogP) is 2.63. The standard InChI is InChI=1S/C10H13N2O3S.C7H7NO.Y/c1-8-6-4-5-7-9(8)16(14,15)12(3)10(13)11-2;8-7(9)6-4-2-1-3-5-6;/h4,6-7H,1-3H3,(H,11,13);1-5H,(H2,8,9);/q-1;;/p-1. The number of carbonyl (C=O) groups excluding carboxylic acids is 2. The Bertz CT molecular complexity index is 842. The molecule has 2 N–H and O–H groups in total. The first kappa shape index (κ1) is 24.2. The average Bonchev–Trinajstić information content (AvgIpc) is 2.61. The predicted molar refractivity (Wildman–Crippen MR) is 94.5 cm³/mol. The molecule has 9 heteroatoms. The molecule has 0 aliphatic rings. The molecular weight excluding hydrogens is 431 g/mol. The molecule has 3 amide bonds. The second-order valence-electron chi connectivity index (χ2n) is 4.91. The number of sulfonamides is 1. The minimum atomic E-state index is -3.79. The van der Waals surface area contributed by atoms with Crippen LogP contribution in [0, 0.1) is 13.0 Å². The summed E-state index contributed by atoms with van der Waals surface area (Å²) in [6, 6.07) is 15.1. The molecule has 0 aliphatic heterocycles. The van der Waals surface area contributed by atoms with Crippen molar-refractivity contribution in [1.29, 1.82) is 0 Å². The average molecular weight is 450 g/mol. The zero-order chi connectivity index (χ0) is 19.0. The Kier molecular flexibility index (Phi) is 10.3. The van der Waals surface area contributed by atoms with Crippen LogP contribution in [0.4, 0.5) is 4.79 Å². The monoisotopic (exact) mass is 450 g/mol. The van der Waals surface area contributed by atoms with Crippen molar-refractivity contribution in [1.82, 2.24) is 9.62 Å². The van der Waals surface area contributed by atoms with Crippen LogP contribution in [0.3, 0.4) is 0 Å². The maximum Gasteiger partial charge on any atom is 0.329 e. The van der Waals surface area contributed by atoms with E-state index >= 15 is 0 Å². The Balaban J connectivity index is 0.000000532. The molecule has 0 aliphatic carbocycles. The van der Waals surface area contributed by atoms with Crippen molar-refractivity contribution < 1.29 is 50.7 Å². The third-order valence-corrected chi connectivity index (χ3v) is 5.09. The first-order valence-corrected chi connectivity index (χ1v) is 8.64. The molecule has 0 saturated carbocycles. The molecule has 2 aromatic rings. The Morgan fingerprint density at radius 1 is 1.15 bits per heavy atom. The second-order valence-corrected chi connectivity index (χ2v) is 6.85. The molecule has 137 valence electrons. The maximum atomic E-state index is 12.0. The summed E-state index contributed by atoms with van der Waals surface area (Å²) in [7, 11) is -1.21. The Hall–Kier alpha value is -1.77. The van der Waals surface area contributed by atoms with E-state index in [1.807, 2.05) is 6.07 Å². The summed E-state index contributed by atoms with van der Waals surface area (Å²) in [6.45, 7) is 1.67. The van der Waals surface area contributed by atoms with Gasteiger partial charge in [0.2, 0.25) is 10.0 Å². The van der Waals surface area contributed by atoms with Crippen LogP contribution in [0.25, 0.3) is 5.73 Å². The summed E-state index contributed by atoms with van der Waals surface area (Å²) in [4.78, 5) is 21.7. The largest absolute Gasteiger partial charge is 0.664 e. The molecule has 0 unspecified atom stereocenters. The van der Waals surface area contributed by atoms with E-state index in [0.717, 1.165) is 0 Å². The van der Waals surface area contributed by atoms with E-state index < -0.39 is 22.0 Å². The van der Waals surface area contributed by atoms with Crippen molar-refractivity contribution in [3.05, 3.63) is 71.5 Å². The van der Waals surface area contributed by atoms with Crippen molar-refractivity contribution in [3.63, 3.8) is 0 Å². The number of urea groups is 1. The maximum absolute atomic E-state index is 12.0. The Morgan fingerprint density at radius 2 is 1.73 bits per heavy atom. The number of carbonyl (C=O) groups is 2. The van der Waals surface area contributed by atoms with Gasteiger partial charge in [0.15, 0.2) is 0 Å².